The summed E-state index contributed by atoms with van der Waals surface area (Å²) in [5.41, 5.74) is 2.83. The molecule has 3 N–H and O–H groups in total. The monoisotopic (exact) mass is 235 g/mol. The van der Waals surface area contributed by atoms with E-state index in [9.17, 15) is 9.59 Å². The van der Waals surface area contributed by atoms with Crippen LogP contribution in [0.3, 0.4) is 0 Å². The highest BCUT2D eigenvalue weighted by Gasteiger charge is 2.23. The maximum Gasteiger partial charge on any atom is 0.323 e. The molecule has 1 rings (SSSR count). The molecule has 0 fully saturated rings. The van der Waals surface area contributed by atoms with Crippen molar-refractivity contribution in [1.82, 2.24) is 10.3 Å². The Hall–Kier alpha value is -1.88. The number of carbonyl (C=O) groups is 2. The van der Waals surface area contributed by atoms with Gasteiger partial charge in [-0.25, -0.2) is 5.84 Å². The molecule has 0 bridgehead atoms. The van der Waals surface area contributed by atoms with E-state index in [1.54, 1.807) is 0 Å². The Bertz CT molecular complexity index is 390. The zero-order chi connectivity index (χ0) is 12.8. The minimum Gasteiger partial charge on any atom is -0.328 e. The van der Waals surface area contributed by atoms with Crippen LogP contribution in [0.15, 0.2) is 30.3 Å². The molecule has 92 valence electrons. The van der Waals surface area contributed by atoms with Crippen molar-refractivity contribution in [2.45, 2.75) is 26.4 Å². The van der Waals surface area contributed by atoms with Gasteiger partial charge in [-0.05, 0) is 19.4 Å². The van der Waals surface area contributed by atoms with Crippen molar-refractivity contribution in [3.8, 4) is 0 Å². The number of nitrogens with two attached hydrogens (primary N) is 1. The van der Waals surface area contributed by atoms with Gasteiger partial charge in [0.2, 0.25) is 0 Å². The minimum absolute atomic E-state index is 0.0694. The van der Waals surface area contributed by atoms with Gasteiger partial charge in [0.1, 0.15) is 0 Å². The predicted molar refractivity (Wildman–Crippen MR) is 64.5 cm³/mol. The SMILES string of the molecule is CC(C)N(Cc1ccccc1)C(=O)C(=O)NN. The Kier molecular flexibility index (Phi) is 4.66. The van der Waals surface area contributed by atoms with Crippen LogP contribution in [0.2, 0.25) is 0 Å². The second-order valence-electron chi connectivity index (χ2n) is 3.99. The fourth-order valence-electron chi connectivity index (χ4n) is 1.46. The van der Waals surface area contributed by atoms with Crippen LogP contribution in [0.25, 0.3) is 0 Å². The van der Waals surface area contributed by atoms with Crippen LogP contribution in [0.5, 0.6) is 0 Å². The summed E-state index contributed by atoms with van der Waals surface area (Å²) in [6.07, 6.45) is 0. The first kappa shape index (κ1) is 13.2. The van der Waals surface area contributed by atoms with Gasteiger partial charge in [0, 0.05) is 12.6 Å². The van der Waals surface area contributed by atoms with Crippen LogP contribution in [-0.2, 0) is 16.1 Å². The molecule has 5 nitrogen and oxygen atoms in total. The molecule has 0 aliphatic rings. The van der Waals surface area contributed by atoms with Crippen LogP contribution in [0.1, 0.15) is 19.4 Å². The van der Waals surface area contributed by atoms with Crippen molar-refractivity contribution in [3.05, 3.63) is 35.9 Å². The lowest BCUT2D eigenvalue weighted by molar-refractivity contribution is -0.147. The number of hydrogen-bond donors (Lipinski definition) is 2. The quantitative estimate of drug-likeness (QED) is 0.345. The fourth-order valence-corrected chi connectivity index (χ4v) is 1.46. The van der Waals surface area contributed by atoms with Gasteiger partial charge in [0.15, 0.2) is 0 Å². The first-order chi connectivity index (χ1) is 8.06. The third kappa shape index (κ3) is 3.57. The molecular formula is C12H17N3O2. The average molecular weight is 235 g/mol. The van der Waals surface area contributed by atoms with Crippen LogP contribution >= 0.6 is 0 Å². The smallest absolute Gasteiger partial charge is 0.323 e. The molecule has 0 radical (unpaired) electrons. The van der Waals surface area contributed by atoms with E-state index in [-0.39, 0.29) is 6.04 Å². The highest BCUT2D eigenvalue weighted by atomic mass is 16.2. The van der Waals surface area contributed by atoms with Crippen molar-refractivity contribution in [2.75, 3.05) is 0 Å². The Morgan fingerprint density at radius 2 is 1.88 bits per heavy atom. The summed E-state index contributed by atoms with van der Waals surface area (Å²) in [4.78, 5) is 24.4. The lowest BCUT2D eigenvalue weighted by atomic mass is 10.2. The van der Waals surface area contributed by atoms with Gasteiger partial charge in [0.25, 0.3) is 0 Å². The van der Waals surface area contributed by atoms with Crippen LogP contribution in [-0.4, -0.2) is 22.8 Å². The molecule has 0 aliphatic heterocycles. The van der Waals surface area contributed by atoms with Crippen molar-refractivity contribution in [1.29, 1.82) is 0 Å². The molecule has 0 unspecified atom stereocenters. The summed E-state index contributed by atoms with van der Waals surface area (Å²) in [6, 6.07) is 9.42. The van der Waals surface area contributed by atoms with Crippen LogP contribution in [0.4, 0.5) is 0 Å². The van der Waals surface area contributed by atoms with Gasteiger partial charge in [-0.3, -0.25) is 15.0 Å². The molecule has 0 atom stereocenters. The number of rotatable bonds is 3. The number of hydrogen-bond acceptors (Lipinski definition) is 3. The number of hydrazine groups is 1. The zero-order valence-electron chi connectivity index (χ0n) is 10.0. The highest BCUT2D eigenvalue weighted by Crippen LogP contribution is 2.08. The summed E-state index contributed by atoms with van der Waals surface area (Å²) in [5.74, 6) is 3.54. The predicted octanol–water partition coefficient (Wildman–Crippen LogP) is 0.414. The normalized spacial score (nSPS) is 10.1. The zero-order valence-corrected chi connectivity index (χ0v) is 10.0. The first-order valence-corrected chi connectivity index (χ1v) is 5.41. The van der Waals surface area contributed by atoms with E-state index >= 15 is 0 Å². The van der Waals surface area contributed by atoms with Gasteiger partial charge in [-0.1, -0.05) is 30.3 Å². The molecule has 17 heavy (non-hydrogen) atoms. The maximum absolute atomic E-state index is 11.8. The Balaban J connectivity index is 2.81. The summed E-state index contributed by atoms with van der Waals surface area (Å²) < 4.78 is 0. The standard InChI is InChI=1S/C12H17N3O2/c1-9(2)15(12(17)11(16)14-13)8-10-6-4-3-5-7-10/h3-7,9H,8,13H2,1-2H3,(H,14,16). The van der Waals surface area contributed by atoms with Crippen molar-refractivity contribution < 1.29 is 9.59 Å². The third-order valence-corrected chi connectivity index (χ3v) is 2.41. The van der Waals surface area contributed by atoms with Crippen molar-refractivity contribution in [3.63, 3.8) is 0 Å². The van der Waals surface area contributed by atoms with E-state index < -0.39 is 11.8 Å². The number of carbonyl (C=O) groups excluding carboxylic acids is 2. The van der Waals surface area contributed by atoms with Gasteiger partial charge < -0.3 is 4.90 Å². The number of amides is 2. The topological polar surface area (TPSA) is 75.4 Å². The third-order valence-electron chi connectivity index (χ3n) is 2.41. The van der Waals surface area contributed by atoms with E-state index in [2.05, 4.69) is 0 Å². The van der Waals surface area contributed by atoms with E-state index in [1.807, 2.05) is 49.6 Å². The summed E-state index contributed by atoms with van der Waals surface area (Å²) in [5, 5.41) is 0. The first-order valence-electron chi connectivity index (χ1n) is 5.41. The Labute approximate surface area is 101 Å². The summed E-state index contributed by atoms with van der Waals surface area (Å²) in [6.45, 7) is 4.10. The van der Waals surface area contributed by atoms with Gasteiger partial charge >= 0.3 is 11.8 Å². The molecular weight excluding hydrogens is 218 g/mol. The molecule has 2 amide bonds. The largest absolute Gasteiger partial charge is 0.328 e. The molecule has 0 saturated heterocycles. The Morgan fingerprint density at radius 3 is 2.35 bits per heavy atom. The summed E-state index contributed by atoms with van der Waals surface area (Å²) >= 11 is 0. The lowest BCUT2D eigenvalue weighted by Crippen LogP contribution is -2.47. The summed E-state index contributed by atoms with van der Waals surface area (Å²) in [7, 11) is 0. The van der Waals surface area contributed by atoms with Crippen molar-refractivity contribution >= 4 is 11.8 Å². The fraction of sp³-hybridized carbons (Fsp3) is 0.333. The van der Waals surface area contributed by atoms with Gasteiger partial charge in [-0.2, -0.15) is 0 Å². The minimum atomic E-state index is -0.797. The average Bonchev–Trinajstić information content (AvgIpc) is 2.35. The molecule has 0 saturated carbocycles. The number of nitrogens with one attached hydrogen (secondary N) is 1. The second-order valence-corrected chi connectivity index (χ2v) is 3.99. The van der Waals surface area contributed by atoms with Crippen LogP contribution < -0.4 is 11.3 Å². The Morgan fingerprint density at radius 1 is 1.29 bits per heavy atom. The van der Waals surface area contributed by atoms with Gasteiger partial charge in [-0.15, -0.1) is 0 Å². The molecule has 1 aromatic carbocycles. The van der Waals surface area contributed by atoms with Gasteiger partial charge in [0.05, 0.1) is 0 Å². The lowest BCUT2D eigenvalue weighted by Gasteiger charge is -2.25. The van der Waals surface area contributed by atoms with E-state index in [0.29, 0.717) is 6.54 Å². The van der Waals surface area contributed by atoms with E-state index in [1.165, 1.54) is 4.90 Å². The van der Waals surface area contributed by atoms with E-state index in [0.717, 1.165) is 5.56 Å². The molecule has 0 aromatic heterocycles. The number of benzene rings is 1. The maximum atomic E-state index is 11.8. The highest BCUT2D eigenvalue weighted by molar-refractivity contribution is 6.34. The molecule has 1 aromatic rings. The van der Waals surface area contributed by atoms with Crippen molar-refractivity contribution in [2.24, 2.45) is 5.84 Å². The molecule has 0 aliphatic carbocycles. The van der Waals surface area contributed by atoms with Crippen LogP contribution in [0, 0.1) is 0 Å². The molecule has 5 heteroatoms. The molecule has 0 spiro atoms. The molecule has 0 heterocycles. The van der Waals surface area contributed by atoms with E-state index in [4.69, 9.17) is 5.84 Å². The second kappa shape index (κ2) is 6.00. The number of nitrogens with zero attached hydrogens (tertiary/aromatic N) is 1.